The van der Waals surface area contributed by atoms with E-state index in [9.17, 15) is 0 Å². The first-order valence-electron chi connectivity index (χ1n) is 6.53. The van der Waals surface area contributed by atoms with Crippen LogP contribution >= 0.6 is 0 Å². The minimum atomic E-state index is 0.157. The van der Waals surface area contributed by atoms with Crippen LogP contribution in [0.3, 0.4) is 0 Å². The van der Waals surface area contributed by atoms with Crippen LogP contribution in [-0.4, -0.2) is 17.1 Å². The van der Waals surface area contributed by atoms with Gasteiger partial charge < -0.3 is 10.1 Å². The maximum atomic E-state index is 5.69. The zero-order valence-corrected chi connectivity index (χ0v) is 10.9. The fourth-order valence-corrected chi connectivity index (χ4v) is 2.00. The van der Waals surface area contributed by atoms with Crippen LogP contribution in [0.1, 0.15) is 40.0 Å². The van der Waals surface area contributed by atoms with Crippen molar-refractivity contribution in [2.45, 2.75) is 52.2 Å². The second kappa shape index (κ2) is 5.39. The highest BCUT2D eigenvalue weighted by atomic mass is 16.5. The number of nitrogens with one attached hydrogen (secondary N) is 1. The van der Waals surface area contributed by atoms with Gasteiger partial charge in [-0.3, -0.25) is 0 Å². The Kier molecular flexibility index (Phi) is 3.87. The quantitative estimate of drug-likeness (QED) is 0.818. The molecule has 94 valence electrons. The Morgan fingerprint density at radius 3 is 2.82 bits per heavy atom. The summed E-state index contributed by atoms with van der Waals surface area (Å²) < 4.78 is 5.69. The number of pyridine rings is 1. The van der Waals surface area contributed by atoms with E-state index in [0.717, 1.165) is 11.6 Å². The number of rotatable bonds is 6. The summed E-state index contributed by atoms with van der Waals surface area (Å²) in [5.74, 6) is 1.65. The van der Waals surface area contributed by atoms with Gasteiger partial charge in [0, 0.05) is 12.2 Å². The molecule has 0 radical (unpaired) electrons. The second-order valence-corrected chi connectivity index (χ2v) is 5.25. The lowest BCUT2D eigenvalue weighted by atomic mass is 10.1. The molecule has 17 heavy (non-hydrogen) atoms. The molecule has 1 atom stereocenters. The van der Waals surface area contributed by atoms with E-state index in [4.69, 9.17) is 4.74 Å². The molecule has 1 unspecified atom stereocenters. The van der Waals surface area contributed by atoms with Crippen molar-refractivity contribution in [2.75, 3.05) is 5.32 Å². The molecule has 0 saturated heterocycles. The van der Waals surface area contributed by atoms with E-state index in [-0.39, 0.29) is 6.10 Å². The van der Waals surface area contributed by atoms with Crippen molar-refractivity contribution in [1.82, 2.24) is 4.98 Å². The van der Waals surface area contributed by atoms with E-state index in [0.29, 0.717) is 11.9 Å². The SMILES string of the molecule is CC(CC1CC1)Nc1cccnc1OC(C)C. The molecule has 1 aliphatic rings. The molecule has 0 spiro atoms. The molecular formula is C14H22N2O. The summed E-state index contributed by atoms with van der Waals surface area (Å²) in [4.78, 5) is 4.28. The van der Waals surface area contributed by atoms with Gasteiger partial charge in [0.15, 0.2) is 0 Å². The van der Waals surface area contributed by atoms with Gasteiger partial charge in [-0.25, -0.2) is 4.98 Å². The minimum Gasteiger partial charge on any atom is -0.473 e. The molecule has 1 heterocycles. The molecule has 1 N–H and O–H groups in total. The van der Waals surface area contributed by atoms with Gasteiger partial charge in [0.2, 0.25) is 5.88 Å². The molecule has 0 amide bonds. The highest BCUT2D eigenvalue weighted by Crippen LogP contribution is 2.34. The average molecular weight is 234 g/mol. The highest BCUT2D eigenvalue weighted by Gasteiger charge is 2.23. The third-order valence-electron chi connectivity index (χ3n) is 2.90. The number of anilines is 1. The summed E-state index contributed by atoms with van der Waals surface area (Å²) in [6.45, 7) is 6.27. The van der Waals surface area contributed by atoms with E-state index in [1.807, 2.05) is 26.0 Å². The number of nitrogens with zero attached hydrogens (tertiary/aromatic N) is 1. The lowest BCUT2D eigenvalue weighted by molar-refractivity contribution is 0.234. The lowest BCUT2D eigenvalue weighted by Gasteiger charge is -2.18. The summed E-state index contributed by atoms with van der Waals surface area (Å²) in [5.41, 5.74) is 1.01. The maximum Gasteiger partial charge on any atom is 0.237 e. The first-order chi connectivity index (χ1) is 8.15. The summed E-state index contributed by atoms with van der Waals surface area (Å²) in [7, 11) is 0. The van der Waals surface area contributed by atoms with Crippen LogP contribution in [-0.2, 0) is 0 Å². The molecule has 1 aliphatic carbocycles. The minimum absolute atomic E-state index is 0.157. The smallest absolute Gasteiger partial charge is 0.237 e. The Hall–Kier alpha value is -1.25. The Balaban J connectivity index is 1.97. The largest absolute Gasteiger partial charge is 0.473 e. The zero-order chi connectivity index (χ0) is 12.3. The number of ether oxygens (including phenoxy) is 1. The van der Waals surface area contributed by atoms with Crippen molar-refractivity contribution in [3.8, 4) is 5.88 Å². The molecule has 1 fully saturated rings. The van der Waals surface area contributed by atoms with Crippen molar-refractivity contribution < 1.29 is 4.74 Å². The zero-order valence-electron chi connectivity index (χ0n) is 10.9. The lowest BCUT2D eigenvalue weighted by Crippen LogP contribution is -2.17. The number of aromatic nitrogens is 1. The normalized spacial score (nSPS) is 16.9. The average Bonchev–Trinajstić information content (AvgIpc) is 3.04. The van der Waals surface area contributed by atoms with Crippen molar-refractivity contribution >= 4 is 5.69 Å². The topological polar surface area (TPSA) is 34.2 Å². The van der Waals surface area contributed by atoms with Crippen molar-refractivity contribution in [1.29, 1.82) is 0 Å². The van der Waals surface area contributed by atoms with Crippen LogP contribution in [0.5, 0.6) is 5.88 Å². The highest BCUT2D eigenvalue weighted by molar-refractivity contribution is 5.52. The predicted octanol–water partition coefficient (Wildman–Crippen LogP) is 3.47. The maximum absolute atomic E-state index is 5.69. The van der Waals surface area contributed by atoms with Crippen molar-refractivity contribution in [2.24, 2.45) is 5.92 Å². The number of hydrogen-bond donors (Lipinski definition) is 1. The van der Waals surface area contributed by atoms with Crippen LogP contribution in [0.25, 0.3) is 0 Å². The molecule has 1 aromatic rings. The first-order valence-corrected chi connectivity index (χ1v) is 6.53. The fourth-order valence-electron chi connectivity index (χ4n) is 2.00. The molecular weight excluding hydrogens is 212 g/mol. The second-order valence-electron chi connectivity index (χ2n) is 5.25. The standard InChI is InChI=1S/C14H22N2O/c1-10(2)17-14-13(5-4-8-15-14)16-11(3)9-12-6-7-12/h4-5,8,10-12,16H,6-7,9H2,1-3H3. The van der Waals surface area contributed by atoms with Gasteiger partial charge in [-0.2, -0.15) is 0 Å². The van der Waals surface area contributed by atoms with E-state index in [1.165, 1.54) is 19.3 Å². The summed E-state index contributed by atoms with van der Waals surface area (Å²) in [6, 6.07) is 4.47. The van der Waals surface area contributed by atoms with Crippen molar-refractivity contribution in [3.63, 3.8) is 0 Å². The fraction of sp³-hybridized carbons (Fsp3) is 0.643. The molecule has 1 saturated carbocycles. The molecule has 3 nitrogen and oxygen atoms in total. The number of hydrogen-bond acceptors (Lipinski definition) is 3. The first kappa shape index (κ1) is 12.2. The Morgan fingerprint density at radius 2 is 2.18 bits per heavy atom. The van der Waals surface area contributed by atoms with E-state index in [1.54, 1.807) is 6.20 Å². The molecule has 0 aliphatic heterocycles. The summed E-state index contributed by atoms with van der Waals surface area (Å²) >= 11 is 0. The van der Waals surface area contributed by atoms with Crippen LogP contribution in [0, 0.1) is 5.92 Å². The monoisotopic (exact) mass is 234 g/mol. The molecule has 1 aromatic heterocycles. The van der Waals surface area contributed by atoms with Gasteiger partial charge in [-0.1, -0.05) is 12.8 Å². The predicted molar refractivity (Wildman–Crippen MR) is 70.4 cm³/mol. The van der Waals surface area contributed by atoms with Crippen LogP contribution < -0.4 is 10.1 Å². The van der Waals surface area contributed by atoms with Gasteiger partial charge in [-0.05, 0) is 45.2 Å². The van der Waals surface area contributed by atoms with Gasteiger partial charge in [0.25, 0.3) is 0 Å². The van der Waals surface area contributed by atoms with E-state index >= 15 is 0 Å². The van der Waals surface area contributed by atoms with Crippen molar-refractivity contribution in [3.05, 3.63) is 18.3 Å². The van der Waals surface area contributed by atoms with E-state index < -0.39 is 0 Å². The van der Waals surface area contributed by atoms with Crippen LogP contribution in [0.15, 0.2) is 18.3 Å². The Morgan fingerprint density at radius 1 is 1.41 bits per heavy atom. The third kappa shape index (κ3) is 3.91. The van der Waals surface area contributed by atoms with Gasteiger partial charge in [-0.15, -0.1) is 0 Å². The summed E-state index contributed by atoms with van der Waals surface area (Å²) in [5, 5.41) is 3.50. The molecule has 0 aromatic carbocycles. The molecule has 2 rings (SSSR count). The van der Waals surface area contributed by atoms with Crippen LogP contribution in [0.2, 0.25) is 0 Å². The van der Waals surface area contributed by atoms with Gasteiger partial charge >= 0.3 is 0 Å². The summed E-state index contributed by atoms with van der Waals surface area (Å²) in [6.07, 6.45) is 5.97. The van der Waals surface area contributed by atoms with Gasteiger partial charge in [0.05, 0.1) is 11.8 Å². The van der Waals surface area contributed by atoms with Gasteiger partial charge in [0.1, 0.15) is 0 Å². The van der Waals surface area contributed by atoms with Crippen LogP contribution in [0.4, 0.5) is 5.69 Å². The Labute approximate surface area is 104 Å². The Bertz CT molecular complexity index is 361. The third-order valence-corrected chi connectivity index (χ3v) is 2.90. The van der Waals surface area contributed by atoms with E-state index in [2.05, 4.69) is 17.2 Å². The molecule has 0 bridgehead atoms. The molecule has 3 heteroatoms.